The molecule has 8 nitrogen and oxygen atoms in total. The van der Waals surface area contributed by atoms with Crippen LogP contribution in [0, 0.1) is 29.3 Å². The molecule has 2 aromatic carbocycles. The van der Waals surface area contributed by atoms with Crippen molar-refractivity contribution in [1.82, 2.24) is 5.32 Å². The lowest BCUT2D eigenvalue weighted by Gasteiger charge is -2.58. The molecule has 3 aliphatic rings. The first kappa shape index (κ1) is 28.3. The van der Waals surface area contributed by atoms with Crippen LogP contribution in [0.15, 0.2) is 35.2 Å². The Morgan fingerprint density at radius 2 is 1.71 bits per heavy atom. The molecule has 0 heterocycles. The lowest BCUT2D eigenvalue weighted by Crippen LogP contribution is -2.63. The van der Waals surface area contributed by atoms with Crippen molar-refractivity contribution in [3.63, 3.8) is 0 Å². The molecule has 0 saturated heterocycles. The summed E-state index contributed by atoms with van der Waals surface area (Å²) < 4.78 is 67.2. The van der Waals surface area contributed by atoms with Crippen LogP contribution in [0.3, 0.4) is 0 Å². The van der Waals surface area contributed by atoms with Crippen LogP contribution in [0.1, 0.15) is 43.0 Å². The molecular formula is C25H26ClF3N2O6S. The zero-order chi connectivity index (χ0) is 28.0. The van der Waals surface area contributed by atoms with Crippen LogP contribution >= 0.6 is 11.6 Å². The number of hydrogen-bond acceptors (Lipinski definition) is 6. The highest BCUT2D eigenvalue weighted by Gasteiger charge is 2.60. The maximum atomic E-state index is 13.5. The maximum Gasteiger partial charge on any atom is 0.255 e. The van der Waals surface area contributed by atoms with Gasteiger partial charge >= 0.3 is 0 Å². The van der Waals surface area contributed by atoms with E-state index >= 15 is 0 Å². The predicted octanol–water partition coefficient (Wildman–Crippen LogP) is 3.20. The molecule has 2 unspecified atom stereocenters. The van der Waals surface area contributed by atoms with Gasteiger partial charge in [0.2, 0.25) is 5.91 Å². The van der Waals surface area contributed by atoms with E-state index < -0.39 is 67.9 Å². The van der Waals surface area contributed by atoms with E-state index in [-0.39, 0.29) is 47.0 Å². The minimum absolute atomic E-state index is 0.0364. The number of benzene rings is 2. The van der Waals surface area contributed by atoms with E-state index in [2.05, 4.69) is 10.6 Å². The van der Waals surface area contributed by atoms with Gasteiger partial charge in [0, 0.05) is 29.9 Å². The Labute approximate surface area is 222 Å². The van der Waals surface area contributed by atoms with E-state index in [0.29, 0.717) is 18.6 Å². The number of halogens is 4. The van der Waals surface area contributed by atoms with Crippen LogP contribution in [0.5, 0.6) is 0 Å². The van der Waals surface area contributed by atoms with Crippen molar-refractivity contribution in [1.29, 1.82) is 0 Å². The summed E-state index contributed by atoms with van der Waals surface area (Å²) in [5.41, 5.74) is -1.87. The third-order valence-electron chi connectivity index (χ3n) is 7.30. The molecule has 0 spiro atoms. The molecule has 3 aliphatic carbocycles. The highest BCUT2D eigenvalue weighted by Crippen LogP contribution is 2.57. The second-order valence-electron chi connectivity index (χ2n) is 9.94. The first-order valence-corrected chi connectivity index (χ1v) is 13.8. The molecular weight excluding hydrogens is 549 g/mol. The normalized spacial score (nSPS) is 25.3. The summed E-state index contributed by atoms with van der Waals surface area (Å²) in [7, 11) is -4.07. The first-order valence-electron chi connectivity index (χ1n) is 11.9. The number of amides is 2. The average Bonchev–Trinajstić information content (AvgIpc) is 2.86. The first-order chi connectivity index (χ1) is 17.7. The summed E-state index contributed by atoms with van der Waals surface area (Å²) in [6.45, 7) is 1.55. The van der Waals surface area contributed by atoms with E-state index in [0.717, 1.165) is 6.07 Å². The zero-order valence-electron chi connectivity index (χ0n) is 20.2. The van der Waals surface area contributed by atoms with Crippen LogP contribution in [0.25, 0.3) is 0 Å². The predicted molar refractivity (Wildman–Crippen MR) is 132 cm³/mol. The molecule has 2 bridgehead atoms. The van der Waals surface area contributed by atoms with Gasteiger partial charge in [-0.15, -0.1) is 0 Å². The van der Waals surface area contributed by atoms with Crippen molar-refractivity contribution in [2.75, 3.05) is 11.9 Å². The Hall–Kier alpha value is -2.67. The molecule has 0 aromatic heterocycles. The summed E-state index contributed by atoms with van der Waals surface area (Å²) in [5, 5.41) is 24.1. The molecule has 3 fully saturated rings. The summed E-state index contributed by atoms with van der Waals surface area (Å²) in [4.78, 5) is 24.5. The number of aliphatic hydroxyl groups is 2. The molecule has 206 valence electrons. The van der Waals surface area contributed by atoms with Crippen LogP contribution in [-0.4, -0.2) is 53.9 Å². The smallest absolute Gasteiger partial charge is 0.255 e. The van der Waals surface area contributed by atoms with Gasteiger partial charge in [-0.3, -0.25) is 9.59 Å². The van der Waals surface area contributed by atoms with E-state index in [1.807, 2.05) is 0 Å². The Balaban J connectivity index is 1.49. The summed E-state index contributed by atoms with van der Waals surface area (Å²) in [5.74, 6) is -6.91. The van der Waals surface area contributed by atoms with Gasteiger partial charge in [-0.2, -0.15) is 0 Å². The fourth-order valence-electron chi connectivity index (χ4n) is 5.25. The topological polar surface area (TPSA) is 133 Å². The number of nitrogens with one attached hydrogen (secondary N) is 2. The van der Waals surface area contributed by atoms with Crippen molar-refractivity contribution in [3.05, 3.63) is 58.4 Å². The zero-order valence-corrected chi connectivity index (χ0v) is 21.8. The fraction of sp³-hybridized carbons (Fsp3) is 0.440. The summed E-state index contributed by atoms with van der Waals surface area (Å²) in [6.07, 6.45) is -0.222. The summed E-state index contributed by atoms with van der Waals surface area (Å²) >= 11 is 6.18. The molecule has 0 radical (unpaired) electrons. The van der Waals surface area contributed by atoms with E-state index in [9.17, 15) is 41.4 Å². The number of aliphatic hydroxyl groups excluding tert-OH is 1. The Bertz CT molecular complexity index is 1350. The molecule has 3 atom stereocenters. The van der Waals surface area contributed by atoms with Crippen LogP contribution < -0.4 is 10.6 Å². The lowest BCUT2D eigenvalue weighted by atomic mass is 9.52. The van der Waals surface area contributed by atoms with Gasteiger partial charge in [0.25, 0.3) is 5.91 Å². The minimum atomic E-state index is -4.07. The number of fused-ring (bicyclic) bond motifs is 2. The SMILES string of the molecule is C[C@@H](O)CNC(=O)CC1(O)C2CC1CC(S(=O)(=O)c1cc(C(=O)Nc3cc(F)c(F)c(F)c3)ccc1Cl)C2. The van der Waals surface area contributed by atoms with Gasteiger partial charge in [-0.1, -0.05) is 11.6 Å². The number of carbonyl (C=O) groups is 2. The third-order valence-corrected chi connectivity index (χ3v) is 9.95. The average molecular weight is 575 g/mol. The van der Waals surface area contributed by atoms with Gasteiger partial charge in [0.1, 0.15) is 0 Å². The van der Waals surface area contributed by atoms with Crippen LogP contribution in [-0.2, 0) is 14.6 Å². The molecule has 4 N–H and O–H groups in total. The molecule has 13 heteroatoms. The maximum absolute atomic E-state index is 13.5. The van der Waals surface area contributed by atoms with E-state index in [1.54, 1.807) is 0 Å². The largest absolute Gasteiger partial charge is 0.392 e. The van der Waals surface area contributed by atoms with Crippen LogP contribution in [0.4, 0.5) is 18.9 Å². The molecule has 0 aliphatic heterocycles. The van der Waals surface area contributed by atoms with E-state index in [4.69, 9.17) is 11.6 Å². The minimum Gasteiger partial charge on any atom is -0.392 e. The van der Waals surface area contributed by atoms with Gasteiger partial charge in [0.15, 0.2) is 27.3 Å². The molecule has 3 saturated carbocycles. The van der Waals surface area contributed by atoms with Gasteiger partial charge < -0.3 is 20.8 Å². The summed E-state index contributed by atoms with van der Waals surface area (Å²) in [6, 6.07) is 4.67. The number of carbonyl (C=O) groups excluding carboxylic acids is 2. The standard InChI is InChI=1S/C25H26ClF3N2O6S/c1-12(32)11-30-22(33)10-25(35)14-5-15(25)7-17(6-14)38(36,37)21-4-13(2-3-18(21)26)24(34)31-16-8-19(27)23(29)20(28)9-16/h2-4,8-9,12,14-15,17,32,35H,5-7,10-11H2,1H3,(H,30,33)(H,31,34)/t12-,14?,15?,17?,25?/m1/s1. The Morgan fingerprint density at radius 1 is 1.11 bits per heavy atom. The molecule has 2 aromatic rings. The number of anilines is 1. The van der Waals surface area contributed by atoms with Crippen molar-refractivity contribution < 1.29 is 41.4 Å². The highest BCUT2D eigenvalue weighted by molar-refractivity contribution is 7.92. The van der Waals surface area contributed by atoms with Gasteiger partial charge in [-0.05, 0) is 56.2 Å². The number of sulfone groups is 1. The van der Waals surface area contributed by atoms with Crippen molar-refractivity contribution >= 4 is 38.9 Å². The Morgan fingerprint density at radius 3 is 2.29 bits per heavy atom. The van der Waals surface area contributed by atoms with Gasteiger partial charge in [-0.25, -0.2) is 21.6 Å². The Kier molecular flexibility index (Phi) is 7.81. The quantitative estimate of drug-likeness (QED) is 0.358. The molecule has 5 rings (SSSR count). The third kappa shape index (κ3) is 5.40. The van der Waals surface area contributed by atoms with Crippen LogP contribution in [0.2, 0.25) is 5.02 Å². The number of rotatable bonds is 8. The van der Waals surface area contributed by atoms with Gasteiger partial charge in [0.05, 0.1) is 33.3 Å². The second kappa shape index (κ2) is 10.5. The fourth-order valence-corrected chi connectivity index (χ4v) is 7.65. The second-order valence-corrected chi connectivity index (χ2v) is 12.5. The monoisotopic (exact) mass is 574 g/mol. The van der Waals surface area contributed by atoms with Crippen molar-refractivity contribution in [3.8, 4) is 0 Å². The van der Waals surface area contributed by atoms with Crippen molar-refractivity contribution in [2.24, 2.45) is 11.8 Å². The lowest BCUT2D eigenvalue weighted by molar-refractivity contribution is -0.183. The van der Waals surface area contributed by atoms with E-state index in [1.165, 1.54) is 19.1 Å². The number of hydrogen-bond donors (Lipinski definition) is 4. The highest BCUT2D eigenvalue weighted by atomic mass is 35.5. The molecule has 2 amide bonds. The van der Waals surface area contributed by atoms with Crippen molar-refractivity contribution in [2.45, 2.75) is 54.5 Å². The molecule has 38 heavy (non-hydrogen) atoms.